The van der Waals surface area contributed by atoms with Gasteiger partial charge in [-0.25, -0.2) is 12.8 Å². The number of anilines is 1. The second kappa shape index (κ2) is 9.05. The largest absolute Gasteiger partial charge is 0.492 e. The van der Waals surface area contributed by atoms with Crippen molar-refractivity contribution in [1.82, 2.24) is 5.32 Å². The number of carbonyl (C=O) groups is 1. The first-order valence-electron chi connectivity index (χ1n) is 8.81. The van der Waals surface area contributed by atoms with Crippen LogP contribution in [-0.4, -0.2) is 39.8 Å². The second-order valence-corrected chi connectivity index (χ2v) is 8.53. The van der Waals surface area contributed by atoms with E-state index in [1.54, 1.807) is 12.1 Å². The third-order valence-corrected chi connectivity index (χ3v) is 5.27. The lowest BCUT2D eigenvalue weighted by Gasteiger charge is -2.28. The minimum absolute atomic E-state index is 0.173. The van der Waals surface area contributed by atoms with Crippen LogP contribution in [0.1, 0.15) is 18.1 Å². The van der Waals surface area contributed by atoms with E-state index in [0.29, 0.717) is 11.4 Å². The molecule has 6 nitrogen and oxygen atoms in total. The van der Waals surface area contributed by atoms with Crippen LogP contribution in [0.25, 0.3) is 0 Å². The fourth-order valence-corrected chi connectivity index (χ4v) is 4.07. The quantitative estimate of drug-likeness (QED) is 0.682. The zero-order chi connectivity index (χ0) is 20.9. The van der Waals surface area contributed by atoms with Gasteiger partial charge >= 0.3 is 0 Å². The van der Waals surface area contributed by atoms with E-state index in [0.717, 1.165) is 21.7 Å². The first kappa shape index (κ1) is 21.7. The highest BCUT2D eigenvalue weighted by atomic mass is 32.2. The molecule has 1 N–H and O–H groups in total. The summed E-state index contributed by atoms with van der Waals surface area (Å²) >= 11 is 0. The highest BCUT2D eigenvalue weighted by Crippen LogP contribution is 2.23. The number of benzene rings is 2. The Bertz CT molecular complexity index is 909. The smallest absolute Gasteiger partial charge is 0.243 e. The molecule has 0 radical (unpaired) electrons. The van der Waals surface area contributed by atoms with Gasteiger partial charge in [0, 0.05) is 0 Å². The van der Waals surface area contributed by atoms with Gasteiger partial charge in [-0.2, -0.15) is 0 Å². The molecule has 0 aliphatic carbocycles. The summed E-state index contributed by atoms with van der Waals surface area (Å²) in [6, 6.07) is 10.0. The van der Waals surface area contributed by atoms with Crippen molar-refractivity contribution < 1.29 is 22.3 Å². The fraction of sp³-hybridized carbons (Fsp3) is 0.350. The third kappa shape index (κ3) is 5.95. The number of carbonyl (C=O) groups excluding carboxylic acids is 1. The number of aryl methyl sites for hydroxylation is 2. The molecule has 0 heterocycles. The monoisotopic (exact) mass is 408 g/mol. The van der Waals surface area contributed by atoms with Gasteiger partial charge in [0.1, 0.15) is 24.2 Å². The molecule has 0 saturated carbocycles. The van der Waals surface area contributed by atoms with E-state index in [9.17, 15) is 17.6 Å². The van der Waals surface area contributed by atoms with E-state index in [4.69, 9.17) is 4.74 Å². The number of amides is 1. The summed E-state index contributed by atoms with van der Waals surface area (Å²) in [5.74, 6) is -0.314. The van der Waals surface area contributed by atoms with E-state index < -0.39 is 22.0 Å². The van der Waals surface area contributed by atoms with Gasteiger partial charge in [0.15, 0.2) is 0 Å². The summed E-state index contributed by atoms with van der Waals surface area (Å²) < 4.78 is 44.1. The first-order chi connectivity index (χ1) is 13.1. The van der Waals surface area contributed by atoms with E-state index in [1.807, 2.05) is 19.9 Å². The molecule has 0 saturated heterocycles. The number of sulfonamides is 1. The molecule has 0 aliphatic rings. The Hall–Kier alpha value is -2.61. The number of ether oxygens (including phenoxy) is 1. The molecule has 2 rings (SSSR count). The van der Waals surface area contributed by atoms with Crippen molar-refractivity contribution in [3.63, 3.8) is 0 Å². The number of nitrogens with zero attached hydrogens (tertiary/aromatic N) is 1. The molecular weight excluding hydrogens is 383 g/mol. The van der Waals surface area contributed by atoms with Gasteiger partial charge < -0.3 is 10.1 Å². The summed E-state index contributed by atoms with van der Waals surface area (Å²) in [6.07, 6.45) is 1.08. The Morgan fingerprint density at radius 2 is 1.71 bits per heavy atom. The van der Waals surface area contributed by atoms with Crippen molar-refractivity contribution in [3.05, 3.63) is 59.4 Å². The van der Waals surface area contributed by atoms with Crippen molar-refractivity contribution in [2.75, 3.05) is 23.7 Å². The van der Waals surface area contributed by atoms with Crippen LogP contribution >= 0.6 is 0 Å². The maximum Gasteiger partial charge on any atom is 0.243 e. The SMILES string of the molecule is Cc1cc(C)cc(N([C@H](C)C(=O)NCCOc2ccc(F)cc2)S(C)(=O)=O)c1. The zero-order valence-electron chi connectivity index (χ0n) is 16.4. The molecule has 2 aromatic rings. The standard InChI is InChI=1S/C20H25FN2O4S/c1-14-11-15(2)13-18(12-14)23(28(4,25)26)16(3)20(24)22-9-10-27-19-7-5-17(21)6-8-19/h5-8,11-13,16H,9-10H2,1-4H3,(H,22,24)/t16-/m1/s1. The Labute approximate surface area is 165 Å². The highest BCUT2D eigenvalue weighted by Gasteiger charge is 2.29. The van der Waals surface area contributed by atoms with Gasteiger partial charge in [-0.3, -0.25) is 9.10 Å². The Morgan fingerprint density at radius 3 is 2.25 bits per heavy atom. The van der Waals surface area contributed by atoms with Crippen LogP contribution in [0.3, 0.4) is 0 Å². The summed E-state index contributed by atoms with van der Waals surface area (Å²) in [7, 11) is -3.67. The molecule has 1 atom stereocenters. The Morgan fingerprint density at radius 1 is 1.14 bits per heavy atom. The second-order valence-electron chi connectivity index (χ2n) is 6.67. The van der Waals surface area contributed by atoms with Crippen molar-refractivity contribution in [3.8, 4) is 5.75 Å². The molecule has 0 fully saturated rings. The zero-order valence-corrected chi connectivity index (χ0v) is 17.2. The number of hydrogen-bond acceptors (Lipinski definition) is 4. The fourth-order valence-electron chi connectivity index (χ4n) is 2.91. The van der Waals surface area contributed by atoms with Crippen LogP contribution in [0.15, 0.2) is 42.5 Å². The number of halogens is 1. The van der Waals surface area contributed by atoms with Gasteiger partial charge in [0.05, 0.1) is 18.5 Å². The number of nitrogens with one attached hydrogen (secondary N) is 1. The predicted molar refractivity (Wildman–Crippen MR) is 108 cm³/mol. The van der Waals surface area contributed by atoms with Crippen LogP contribution in [0.4, 0.5) is 10.1 Å². The summed E-state index contributed by atoms with van der Waals surface area (Å²) in [6.45, 7) is 5.63. The molecule has 0 bridgehead atoms. The van der Waals surface area contributed by atoms with Crippen LogP contribution in [-0.2, 0) is 14.8 Å². The lowest BCUT2D eigenvalue weighted by atomic mass is 10.1. The lowest BCUT2D eigenvalue weighted by molar-refractivity contribution is -0.121. The first-order valence-corrected chi connectivity index (χ1v) is 10.7. The minimum atomic E-state index is -3.67. The third-order valence-electron chi connectivity index (χ3n) is 4.03. The van der Waals surface area contributed by atoms with Crippen LogP contribution in [0.5, 0.6) is 5.75 Å². The molecule has 0 unspecified atom stereocenters. The Balaban J connectivity index is 2.02. The van der Waals surface area contributed by atoms with E-state index >= 15 is 0 Å². The average Bonchev–Trinajstić information content (AvgIpc) is 2.58. The van der Waals surface area contributed by atoms with Crippen molar-refractivity contribution >= 4 is 21.6 Å². The topological polar surface area (TPSA) is 75.7 Å². The molecule has 0 spiro atoms. The normalized spacial score (nSPS) is 12.3. The van der Waals surface area contributed by atoms with Crippen LogP contribution in [0.2, 0.25) is 0 Å². The molecule has 0 aliphatic heterocycles. The molecule has 28 heavy (non-hydrogen) atoms. The van der Waals surface area contributed by atoms with Crippen molar-refractivity contribution in [2.24, 2.45) is 0 Å². The van der Waals surface area contributed by atoms with Crippen molar-refractivity contribution in [2.45, 2.75) is 26.8 Å². The summed E-state index contributed by atoms with van der Waals surface area (Å²) in [4.78, 5) is 12.5. The summed E-state index contributed by atoms with van der Waals surface area (Å²) in [5, 5.41) is 2.67. The van der Waals surface area contributed by atoms with E-state index in [2.05, 4.69) is 5.32 Å². The predicted octanol–water partition coefficient (Wildman–Crippen LogP) is 2.79. The average molecular weight is 408 g/mol. The molecule has 0 aromatic heterocycles. The molecule has 8 heteroatoms. The van der Waals surface area contributed by atoms with E-state index in [-0.39, 0.29) is 19.0 Å². The summed E-state index contributed by atoms with van der Waals surface area (Å²) in [5.41, 5.74) is 2.26. The van der Waals surface area contributed by atoms with Crippen LogP contribution < -0.4 is 14.4 Å². The maximum atomic E-state index is 12.9. The molecular formula is C20H25FN2O4S. The Kier molecular flexibility index (Phi) is 7.01. The number of rotatable bonds is 8. The molecule has 1 amide bonds. The molecule has 152 valence electrons. The van der Waals surface area contributed by atoms with Gasteiger partial charge in [0.2, 0.25) is 15.9 Å². The van der Waals surface area contributed by atoms with Gasteiger partial charge in [-0.15, -0.1) is 0 Å². The van der Waals surface area contributed by atoms with Gasteiger partial charge in [-0.05, 0) is 68.3 Å². The van der Waals surface area contributed by atoms with E-state index in [1.165, 1.54) is 31.2 Å². The lowest BCUT2D eigenvalue weighted by Crippen LogP contribution is -2.48. The minimum Gasteiger partial charge on any atom is -0.492 e. The number of hydrogen-bond donors (Lipinski definition) is 1. The highest BCUT2D eigenvalue weighted by molar-refractivity contribution is 7.92. The van der Waals surface area contributed by atoms with Crippen molar-refractivity contribution in [1.29, 1.82) is 0 Å². The van der Waals surface area contributed by atoms with Gasteiger partial charge in [0.25, 0.3) is 0 Å². The maximum absolute atomic E-state index is 12.9. The van der Waals surface area contributed by atoms with Crippen LogP contribution in [0, 0.1) is 19.7 Å². The molecule has 2 aromatic carbocycles. The van der Waals surface area contributed by atoms with Gasteiger partial charge in [-0.1, -0.05) is 6.07 Å².